The van der Waals surface area contributed by atoms with E-state index in [4.69, 9.17) is 14.2 Å². The quantitative estimate of drug-likeness (QED) is 0.0263. The van der Waals surface area contributed by atoms with Crippen LogP contribution in [0.2, 0.25) is 0 Å². The molecule has 0 bridgehead atoms. The summed E-state index contributed by atoms with van der Waals surface area (Å²) in [5.41, 5.74) is 0. The Morgan fingerprint density at radius 1 is 0.328 bits per heavy atom. The summed E-state index contributed by atoms with van der Waals surface area (Å²) < 4.78 is 16.8. The molecule has 0 N–H and O–H groups in total. The van der Waals surface area contributed by atoms with E-state index in [-0.39, 0.29) is 31.1 Å². The maximum absolute atomic E-state index is 12.8. The van der Waals surface area contributed by atoms with Crippen molar-refractivity contribution in [1.29, 1.82) is 0 Å². The van der Waals surface area contributed by atoms with Crippen LogP contribution >= 0.6 is 0 Å². The minimum Gasteiger partial charge on any atom is -0.462 e. The molecule has 6 heteroatoms. The van der Waals surface area contributed by atoms with Crippen LogP contribution in [0.3, 0.4) is 0 Å². The van der Waals surface area contributed by atoms with E-state index < -0.39 is 6.10 Å². The molecule has 354 valence electrons. The van der Waals surface area contributed by atoms with Crippen molar-refractivity contribution in [3.8, 4) is 0 Å². The molecule has 0 radical (unpaired) electrons. The third-order valence-corrected chi connectivity index (χ3v) is 11.3. The van der Waals surface area contributed by atoms with E-state index in [1.54, 1.807) is 0 Å². The van der Waals surface area contributed by atoms with Crippen molar-refractivity contribution in [2.75, 3.05) is 13.2 Å². The molecule has 0 unspecified atom stereocenters. The first-order chi connectivity index (χ1) is 30.0. The molecule has 0 heterocycles. The SMILES string of the molecule is CCCCC/C=C\C/C=C\CCCCCCCCCCCC(=O)OC[C@@H](COC(=O)CCCCCCCCCCC)OC(=O)CCCCCCC/C=C\C/C=C\CCCCC. The largest absolute Gasteiger partial charge is 0.462 e. The number of ether oxygens (including phenoxy) is 3. The second kappa shape index (κ2) is 50.0. The van der Waals surface area contributed by atoms with Crippen LogP contribution in [0.4, 0.5) is 0 Å². The van der Waals surface area contributed by atoms with Crippen molar-refractivity contribution in [1.82, 2.24) is 0 Å². The van der Waals surface area contributed by atoms with Crippen molar-refractivity contribution in [2.45, 2.75) is 271 Å². The number of hydrogen-bond donors (Lipinski definition) is 0. The number of esters is 3. The molecule has 1 atom stereocenters. The van der Waals surface area contributed by atoms with Crippen molar-refractivity contribution in [2.24, 2.45) is 0 Å². The molecule has 0 saturated carbocycles. The van der Waals surface area contributed by atoms with Gasteiger partial charge in [-0.15, -0.1) is 0 Å². The molecular formula is C55H98O6. The van der Waals surface area contributed by atoms with Crippen LogP contribution in [-0.4, -0.2) is 37.2 Å². The number of rotatable bonds is 47. The van der Waals surface area contributed by atoms with Crippen LogP contribution in [0.15, 0.2) is 48.6 Å². The molecule has 0 rings (SSSR count). The molecule has 0 aromatic rings. The van der Waals surface area contributed by atoms with Gasteiger partial charge in [0.1, 0.15) is 13.2 Å². The molecule has 6 nitrogen and oxygen atoms in total. The zero-order chi connectivity index (χ0) is 44.4. The van der Waals surface area contributed by atoms with Crippen LogP contribution in [0.25, 0.3) is 0 Å². The zero-order valence-corrected chi connectivity index (χ0v) is 40.4. The molecule has 0 aliphatic rings. The van der Waals surface area contributed by atoms with Gasteiger partial charge in [0, 0.05) is 19.3 Å². The van der Waals surface area contributed by atoms with Gasteiger partial charge in [0.15, 0.2) is 6.10 Å². The standard InChI is InChI=1S/C55H98O6/c1-4-7-10-13-16-19-21-23-25-26-27-28-30-31-33-36-39-42-45-48-54(57)60-51-52(50-59-53(56)47-44-41-38-35-18-15-12-9-6-3)61-55(58)49-46-43-40-37-34-32-29-24-22-20-17-14-11-8-5-2/h16-17,19-20,23-25,29,52H,4-15,18,21-22,26-28,30-51H2,1-3H3/b19-16-,20-17-,25-23-,29-24-/t52-/m1/s1. The van der Waals surface area contributed by atoms with Gasteiger partial charge in [-0.1, -0.05) is 211 Å². The monoisotopic (exact) mass is 855 g/mol. The van der Waals surface area contributed by atoms with Gasteiger partial charge in [-0.2, -0.15) is 0 Å². The lowest BCUT2D eigenvalue weighted by atomic mass is 10.1. The van der Waals surface area contributed by atoms with Gasteiger partial charge in [0.25, 0.3) is 0 Å². The highest BCUT2D eigenvalue weighted by Gasteiger charge is 2.19. The first-order valence-electron chi connectivity index (χ1n) is 26.1. The van der Waals surface area contributed by atoms with E-state index in [9.17, 15) is 14.4 Å². The number of allylic oxidation sites excluding steroid dienone is 8. The van der Waals surface area contributed by atoms with Crippen molar-refractivity contribution in [3.05, 3.63) is 48.6 Å². The second-order valence-electron chi connectivity index (χ2n) is 17.4. The van der Waals surface area contributed by atoms with Gasteiger partial charge in [-0.05, 0) is 83.5 Å². The highest BCUT2D eigenvalue weighted by Crippen LogP contribution is 2.15. The maximum atomic E-state index is 12.8. The van der Waals surface area contributed by atoms with Crippen molar-refractivity contribution in [3.63, 3.8) is 0 Å². The molecule has 0 aromatic heterocycles. The predicted molar refractivity (Wildman–Crippen MR) is 261 cm³/mol. The first kappa shape index (κ1) is 58.4. The summed E-state index contributed by atoms with van der Waals surface area (Å²) in [6.45, 7) is 6.56. The summed E-state index contributed by atoms with van der Waals surface area (Å²) in [6.07, 6.45) is 59.5. The summed E-state index contributed by atoms with van der Waals surface area (Å²) in [5, 5.41) is 0. The molecule has 0 spiro atoms. The molecule has 0 fully saturated rings. The van der Waals surface area contributed by atoms with Gasteiger partial charge < -0.3 is 14.2 Å². The van der Waals surface area contributed by atoms with E-state index in [0.717, 1.165) is 89.9 Å². The summed E-state index contributed by atoms with van der Waals surface area (Å²) in [5.74, 6) is -0.893. The van der Waals surface area contributed by atoms with Gasteiger partial charge in [-0.3, -0.25) is 14.4 Å². The fourth-order valence-corrected chi connectivity index (χ4v) is 7.33. The Morgan fingerprint density at radius 3 is 0.934 bits per heavy atom. The fraction of sp³-hybridized carbons (Fsp3) is 0.800. The van der Waals surface area contributed by atoms with E-state index in [2.05, 4.69) is 69.4 Å². The van der Waals surface area contributed by atoms with Gasteiger partial charge in [0.2, 0.25) is 0 Å². The Bertz CT molecular complexity index is 1070. The Kier molecular flexibility index (Phi) is 47.9. The molecule has 61 heavy (non-hydrogen) atoms. The van der Waals surface area contributed by atoms with Crippen LogP contribution in [0, 0.1) is 0 Å². The van der Waals surface area contributed by atoms with Crippen LogP contribution in [0.5, 0.6) is 0 Å². The lowest BCUT2D eigenvalue weighted by Crippen LogP contribution is -2.30. The van der Waals surface area contributed by atoms with Gasteiger partial charge in [-0.25, -0.2) is 0 Å². The molecule has 0 amide bonds. The minimum absolute atomic E-state index is 0.0784. The van der Waals surface area contributed by atoms with Crippen LogP contribution in [0.1, 0.15) is 265 Å². The lowest BCUT2D eigenvalue weighted by molar-refractivity contribution is -0.167. The van der Waals surface area contributed by atoms with Gasteiger partial charge >= 0.3 is 17.9 Å². The average Bonchev–Trinajstić information content (AvgIpc) is 3.26. The predicted octanol–water partition coefficient (Wildman–Crippen LogP) is 17.1. The third-order valence-electron chi connectivity index (χ3n) is 11.3. The molecule has 0 aliphatic heterocycles. The minimum atomic E-state index is -0.778. The molecule has 0 saturated heterocycles. The van der Waals surface area contributed by atoms with Crippen molar-refractivity contribution >= 4 is 17.9 Å². The van der Waals surface area contributed by atoms with E-state index in [0.29, 0.717) is 19.3 Å². The lowest BCUT2D eigenvalue weighted by Gasteiger charge is -2.18. The van der Waals surface area contributed by atoms with E-state index >= 15 is 0 Å². The smallest absolute Gasteiger partial charge is 0.306 e. The van der Waals surface area contributed by atoms with Crippen LogP contribution in [-0.2, 0) is 28.6 Å². The Balaban J connectivity index is 4.31. The normalized spacial score (nSPS) is 12.4. The molecule has 0 aliphatic carbocycles. The number of carbonyl (C=O) groups excluding carboxylic acids is 3. The Morgan fingerprint density at radius 2 is 0.590 bits per heavy atom. The topological polar surface area (TPSA) is 78.9 Å². The fourth-order valence-electron chi connectivity index (χ4n) is 7.33. The average molecular weight is 855 g/mol. The zero-order valence-electron chi connectivity index (χ0n) is 40.4. The molecular weight excluding hydrogens is 757 g/mol. The van der Waals surface area contributed by atoms with Gasteiger partial charge in [0.05, 0.1) is 0 Å². The maximum Gasteiger partial charge on any atom is 0.306 e. The molecule has 0 aromatic carbocycles. The third kappa shape index (κ3) is 48.3. The summed E-state index contributed by atoms with van der Waals surface area (Å²) in [7, 11) is 0. The van der Waals surface area contributed by atoms with E-state index in [1.807, 2.05) is 0 Å². The summed E-state index contributed by atoms with van der Waals surface area (Å²) >= 11 is 0. The number of carbonyl (C=O) groups is 3. The highest BCUT2D eigenvalue weighted by atomic mass is 16.6. The summed E-state index contributed by atoms with van der Waals surface area (Å²) in [4.78, 5) is 37.9. The van der Waals surface area contributed by atoms with E-state index in [1.165, 1.54) is 135 Å². The highest BCUT2D eigenvalue weighted by molar-refractivity contribution is 5.71. The first-order valence-corrected chi connectivity index (χ1v) is 26.1. The second-order valence-corrected chi connectivity index (χ2v) is 17.4. The Labute approximate surface area is 378 Å². The summed E-state index contributed by atoms with van der Waals surface area (Å²) in [6, 6.07) is 0. The number of unbranched alkanes of at least 4 members (excludes halogenated alkanes) is 28. The Hall–Kier alpha value is -2.63. The number of hydrogen-bond acceptors (Lipinski definition) is 6. The van der Waals surface area contributed by atoms with Crippen LogP contribution < -0.4 is 0 Å². The van der Waals surface area contributed by atoms with Crippen molar-refractivity contribution < 1.29 is 28.6 Å².